The lowest BCUT2D eigenvalue weighted by atomic mass is 10.1. The Morgan fingerprint density at radius 2 is 1.95 bits per heavy atom. The number of ether oxygens (including phenoxy) is 1. The molecule has 1 aromatic carbocycles. The predicted molar refractivity (Wildman–Crippen MR) is 78.6 cm³/mol. The molecule has 5 nitrogen and oxygen atoms in total. The summed E-state index contributed by atoms with van der Waals surface area (Å²) >= 11 is 5.77. The molecular weight excluding hydrogens is 294 g/mol. The Balaban J connectivity index is 1.96. The Kier molecular flexibility index (Phi) is 5.44. The summed E-state index contributed by atoms with van der Waals surface area (Å²) in [4.78, 5) is 24.9. The van der Waals surface area contributed by atoms with Crippen molar-refractivity contribution in [1.82, 2.24) is 4.90 Å². The number of carbonyl (C=O) groups is 2. The third-order valence-electron chi connectivity index (χ3n) is 3.53. The van der Waals surface area contributed by atoms with E-state index in [1.54, 1.807) is 24.3 Å². The van der Waals surface area contributed by atoms with Crippen LogP contribution in [0.25, 0.3) is 0 Å². The minimum atomic E-state index is -0.947. The minimum absolute atomic E-state index is 0.161. The molecule has 1 aliphatic rings. The van der Waals surface area contributed by atoms with Crippen molar-refractivity contribution in [3.63, 3.8) is 0 Å². The number of rotatable bonds is 4. The SMILES string of the molecule is O=C(O)C1CCCCCN1C(=O)COc1ccc(Cl)cc1. The third kappa shape index (κ3) is 4.36. The second kappa shape index (κ2) is 7.31. The lowest BCUT2D eigenvalue weighted by Crippen LogP contribution is -2.46. The van der Waals surface area contributed by atoms with Crippen molar-refractivity contribution in [3.05, 3.63) is 29.3 Å². The molecule has 114 valence electrons. The van der Waals surface area contributed by atoms with Gasteiger partial charge in [-0.3, -0.25) is 4.79 Å². The van der Waals surface area contributed by atoms with Crippen LogP contribution in [0, 0.1) is 0 Å². The van der Waals surface area contributed by atoms with Gasteiger partial charge in [0.15, 0.2) is 6.61 Å². The molecule has 1 amide bonds. The van der Waals surface area contributed by atoms with E-state index in [1.165, 1.54) is 4.90 Å². The quantitative estimate of drug-likeness (QED) is 0.928. The van der Waals surface area contributed by atoms with Crippen molar-refractivity contribution >= 4 is 23.5 Å². The summed E-state index contributed by atoms with van der Waals surface area (Å²) in [6.07, 6.45) is 3.11. The number of likely N-dealkylation sites (tertiary alicyclic amines) is 1. The normalized spacial score (nSPS) is 18.9. The molecular formula is C15H18ClNO4. The molecule has 0 bridgehead atoms. The first-order chi connectivity index (χ1) is 10.1. The standard InChI is InChI=1S/C15H18ClNO4/c16-11-5-7-12(8-6-11)21-10-14(18)17-9-3-1-2-4-13(17)15(19)20/h5-8,13H,1-4,9-10H2,(H,19,20). The summed E-state index contributed by atoms with van der Waals surface area (Å²) < 4.78 is 5.40. The molecule has 6 heteroatoms. The summed E-state index contributed by atoms with van der Waals surface area (Å²) in [5.74, 6) is -0.703. The first-order valence-corrected chi connectivity index (χ1v) is 7.36. The molecule has 1 heterocycles. The highest BCUT2D eigenvalue weighted by Gasteiger charge is 2.30. The fourth-order valence-corrected chi connectivity index (χ4v) is 2.55. The lowest BCUT2D eigenvalue weighted by molar-refractivity contribution is -0.151. The maximum Gasteiger partial charge on any atom is 0.326 e. The van der Waals surface area contributed by atoms with Gasteiger partial charge in [0.1, 0.15) is 11.8 Å². The zero-order valence-electron chi connectivity index (χ0n) is 11.6. The molecule has 1 aromatic rings. The number of hydrogen-bond donors (Lipinski definition) is 1. The number of amides is 1. The Hall–Kier alpha value is -1.75. The van der Waals surface area contributed by atoms with Crippen LogP contribution in [0.15, 0.2) is 24.3 Å². The molecule has 1 saturated heterocycles. The van der Waals surface area contributed by atoms with Gasteiger partial charge in [-0.05, 0) is 37.1 Å². The molecule has 0 saturated carbocycles. The Morgan fingerprint density at radius 3 is 2.62 bits per heavy atom. The van der Waals surface area contributed by atoms with E-state index in [0.29, 0.717) is 23.7 Å². The van der Waals surface area contributed by atoms with E-state index in [0.717, 1.165) is 19.3 Å². The topological polar surface area (TPSA) is 66.8 Å². The van der Waals surface area contributed by atoms with Gasteiger partial charge in [0, 0.05) is 11.6 Å². The van der Waals surface area contributed by atoms with Crippen molar-refractivity contribution in [3.8, 4) is 5.75 Å². The highest BCUT2D eigenvalue weighted by Crippen LogP contribution is 2.19. The second-order valence-corrected chi connectivity index (χ2v) is 5.47. The smallest absolute Gasteiger partial charge is 0.326 e. The fraction of sp³-hybridized carbons (Fsp3) is 0.467. The van der Waals surface area contributed by atoms with Gasteiger partial charge in [0.05, 0.1) is 0 Å². The number of carbonyl (C=O) groups excluding carboxylic acids is 1. The summed E-state index contributed by atoms with van der Waals surface area (Å²) in [5.41, 5.74) is 0. The number of nitrogens with zero attached hydrogens (tertiary/aromatic N) is 1. The van der Waals surface area contributed by atoms with Crippen molar-refractivity contribution in [1.29, 1.82) is 0 Å². The van der Waals surface area contributed by atoms with Gasteiger partial charge < -0.3 is 14.7 Å². The van der Waals surface area contributed by atoms with Gasteiger partial charge in [0.2, 0.25) is 0 Å². The van der Waals surface area contributed by atoms with Crippen molar-refractivity contribution in [2.75, 3.05) is 13.2 Å². The van der Waals surface area contributed by atoms with Crippen molar-refractivity contribution in [2.24, 2.45) is 0 Å². The number of carboxylic acids is 1. The molecule has 2 rings (SSSR count). The fourth-order valence-electron chi connectivity index (χ4n) is 2.42. The molecule has 1 unspecified atom stereocenters. The molecule has 0 radical (unpaired) electrons. The Morgan fingerprint density at radius 1 is 1.24 bits per heavy atom. The average Bonchev–Trinajstić information content (AvgIpc) is 2.72. The molecule has 0 aliphatic carbocycles. The maximum absolute atomic E-state index is 12.2. The van der Waals surface area contributed by atoms with Crippen LogP contribution < -0.4 is 4.74 Å². The monoisotopic (exact) mass is 311 g/mol. The van der Waals surface area contributed by atoms with Crippen molar-refractivity contribution in [2.45, 2.75) is 31.7 Å². The summed E-state index contributed by atoms with van der Waals surface area (Å²) in [7, 11) is 0. The van der Waals surface area contributed by atoms with Gasteiger partial charge in [-0.1, -0.05) is 24.4 Å². The molecule has 0 spiro atoms. The molecule has 1 aliphatic heterocycles. The van der Waals surface area contributed by atoms with Crippen LogP contribution in [0.2, 0.25) is 5.02 Å². The maximum atomic E-state index is 12.2. The van der Waals surface area contributed by atoms with E-state index in [-0.39, 0.29) is 12.5 Å². The van der Waals surface area contributed by atoms with Crippen LogP contribution in [0.1, 0.15) is 25.7 Å². The second-order valence-electron chi connectivity index (χ2n) is 5.03. The van der Waals surface area contributed by atoms with Crippen LogP contribution in [-0.4, -0.2) is 41.1 Å². The molecule has 1 N–H and O–H groups in total. The molecule has 0 aromatic heterocycles. The molecule has 1 atom stereocenters. The van der Waals surface area contributed by atoms with Crippen molar-refractivity contribution < 1.29 is 19.4 Å². The predicted octanol–water partition coefficient (Wildman–Crippen LogP) is 2.57. The zero-order chi connectivity index (χ0) is 15.2. The Bertz CT molecular complexity index is 503. The van der Waals surface area contributed by atoms with E-state index < -0.39 is 12.0 Å². The highest BCUT2D eigenvalue weighted by molar-refractivity contribution is 6.30. The highest BCUT2D eigenvalue weighted by atomic mass is 35.5. The van der Waals surface area contributed by atoms with E-state index in [2.05, 4.69) is 0 Å². The van der Waals surface area contributed by atoms with Crippen LogP contribution >= 0.6 is 11.6 Å². The van der Waals surface area contributed by atoms with Gasteiger partial charge in [-0.15, -0.1) is 0 Å². The number of carboxylic acid groups (broad SMARTS) is 1. The minimum Gasteiger partial charge on any atom is -0.484 e. The number of hydrogen-bond acceptors (Lipinski definition) is 3. The molecule has 21 heavy (non-hydrogen) atoms. The van der Waals surface area contributed by atoms with E-state index in [9.17, 15) is 14.7 Å². The van der Waals surface area contributed by atoms with Gasteiger partial charge in [0.25, 0.3) is 5.91 Å². The number of benzene rings is 1. The van der Waals surface area contributed by atoms with Crippen LogP contribution in [0.3, 0.4) is 0 Å². The van der Waals surface area contributed by atoms with E-state index >= 15 is 0 Å². The van der Waals surface area contributed by atoms with Crippen LogP contribution in [0.4, 0.5) is 0 Å². The summed E-state index contributed by atoms with van der Waals surface area (Å²) in [6.45, 7) is 0.311. The molecule has 1 fully saturated rings. The van der Waals surface area contributed by atoms with Gasteiger partial charge >= 0.3 is 5.97 Å². The van der Waals surface area contributed by atoms with Gasteiger partial charge in [-0.25, -0.2) is 4.79 Å². The first-order valence-electron chi connectivity index (χ1n) is 6.98. The average molecular weight is 312 g/mol. The lowest BCUT2D eigenvalue weighted by Gasteiger charge is -2.26. The van der Waals surface area contributed by atoms with Gasteiger partial charge in [-0.2, -0.15) is 0 Å². The van der Waals surface area contributed by atoms with Crippen LogP contribution in [0.5, 0.6) is 5.75 Å². The Labute approximate surface area is 128 Å². The largest absolute Gasteiger partial charge is 0.484 e. The summed E-state index contributed by atoms with van der Waals surface area (Å²) in [6, 6.07) is 5.95. The number of aliphatic carboxylic acids is 1. The number of halogens is 1. The summed E-state index contributed by atoms with van der Waals surface area (Å²) in [5, 5.41) is 9.84. The first kappa shape index (κ1) is 15.6. The van der Waals surface area contributed by atoms with E-state index in [1.807, 2.05) is 0 Å². The zero-order valence-corrected chi connectivity index (χ0v) is 12.4. The van der Waals surface area contributed by atoms with E-state index in [4.69, 9.17) is 16.3 Å². The van der Waals surface area contributed by atoms with Crippen LogP contribution in [-0.2, 0) is 9.59 Å². The third-order valence-corrected chi connectivity index (χ3v) is 3.79.